The summed E-state index contributed by atoms with van der Waals surface area (Å²) in [6.07, 6.45) is 0. The molecule has 0 saturated heterocycles. The fourth-order valence-electron chi connectivity index (χ4n) is 1.79. The average Bonchev–Trinajstić information content (AvgIpc) is 2.75. The van der Waals surface area contributed by atoms with Gasteiger partial charge in [0.25, 0.3) is 0 Å². The number of benzene rings is 1. The zero-order valence-electron chi connectivity index (χ0n) is 10.5. The molecule has 0 radical (unpaired) electrons. The maximum Gasteiger partial charge on any atom is 0.123 e. The Bertz CT molecular complexity index is 522. The molecule has 1 aromatic heterocycles. The van der Waals surface area contributed by atoms with Crippen LogP contribution in [-0.4, -0.2) is 7.11 Å². The fraction of sp³-hybridized carbons (Fsp3) is 0.286. The summed E-state index contributed by atoms with van der Waals surface area (Å²) in [6.45, 7) is 3.30. The van der Waals surface area contributed by atoms with Crippen LogP contribution in [0.15, 0.2) is 34.7 Å². The molecule has 18 heavy (non-hydrogen) atoms. The molecule has 3 nitrogen and oxygen atoms in total. The summed E-state index contributed by atoms with van der Waals surface area (Å²) in [4.78, 5) is 0. The van der Waals surface area contributed by atoms with Crippen LogP contribution in [0.1, 0.15) is 17.1 Å². The Labute approximate surface area is 112 Å². The topological polar surface area (TPSA) is 34.4 Å². The minimum absolute atomic E-state index is 0.684. The van der Waals surface area contributed by atoms with E-state index in [1.807, 2.05) is 37.3 Å². The van der Waals surface area contributed by atoms with Gasteiger partial charge in [0, 0.05) is 17.1 Å². The van der Waals surface area contributed by atoms with Gasteiger partial charge in [-0.2, -0.15) is 0 Å². The molecule has 0 atom stereocenters. The second-order valence-electron chi connectivity index (χ2n) is 4.07. The molecule has 1 aromatic carbocycles. The SMILES string of the molecule is COc1ccc(Cl)cc1CNCc1ccc(C)o1. The largest absolute Gasteiger partial charge is 0.496 e. The van der Waals surface area contributed by atoms with E-state index in [0.29, 0.717) is 18.1 Å². The summed E-state index contributed by atoms with van der Waals surface area (Å²) in [5.74, 6) is 2.68. The quantitative estimate of drug-likeness (QED) is 0.898. The summed E-state index contributed by atoms with van der Waals surface area (Å²) in [7, 11) is 1.66. The number of nitrogens with one attached hydrogen (secondary N) is 1. The van der Waals surface area contributed by atoms with Gasteiger partial charge in [0.15, 0.2) is 0 Å². The van der Waals surface area contributed by atoms with Crippen LogP contribution < -0.4 is 10.1 Å². The molecule has 0 unspecified atom stereocenters. The zero-order chi connectivity index (χ0) is 13.0. The number of hydrogen-bond donors (Lipinski definition) is 1. The standard InChI is InChI=1S/C14H16ClNO2/c1-10-3-5-13(18-10)9-16-8-11-7-12(15)4-6-14(11)17-2/h3-7,16H,8-9H2,1-2H3. The molecule has 1 N–H and O–H groups in total. The molecule has 4 heteroatoms. The van der Waals surface area contributed by atoms with Crippen molar-refractivity contribution in [2.75, 3.05) is 7.11 Å². The molecule has 1 heterocycles. The number of hydrogen-bond acceptors (Lipinski definition) is 3. The minimum atomic E-state index is 0.684. The van der Waals surface area contributed by atoms with E-state index in [2.05, 4.69) is 5.32 Å². The first-order valence-electron chi connectivity index (χ1n) is 5.77. The molecule has 0 spiro atoms. The third kappa shape index (κ3) is 3.28. The Hall–Kier alpha value is -1.45. The first kappa shape index (κ1) is 13.0. The van der Waals surface area contributed by atoms with Crippen LogP contribution in [0.4, 0.5) is 0 Å². The summed E-state index contributed by atoms with van der Waals surface area (Å²) in [6, 6.07) is 9.52. The first-order chi connectivity index (χ1) is 8.69. The summed E-state index contributed by atoms with van der Waals surface area (Å²) in [5, 5.41) is 4.01. The number of rotatable bonds is 5. The Morgan fingerprint density at radius 3 is 2.72 bits per heavy atom. The fourth-order valence-corrected chi connectivity index (χ4v) is 1.98. The Balaban J connectivity index is 1.95. The number of ether oxygens (including phenoxy) is 1. The van der Waals surface area contributed by atoms with Crippen molar-refractivity contribution in [2.24, 2.45) is 0 Å². The van der Waals surface area contributed by atoms with Crippen LogP contribution in [0.25, 0.3) is 0 Å². The highest BCUT2D eigenvalue weighted by atomic mass is 35.5. The van der Waals surface area contributed by atoms with E-state index in [4.69, 9.17) is 20.8 Å². The zero-order valence-corrected chi connectivity index (χ0v) is 11.3. The van der Waals surface area contributed by atoms with Crippen LogP contribution in [0.3, 0.4) is 0 Å². The average molecular weight is 266 g/mol. The van der Waals surface area contributed by atoms with Crippen LogP contribution >= 0.6 is 11.6 Å². The predicted octanol–water partition coefficient (Wildman–Crippen LogP) is 3.54. The van der Waals surface area contributed by atoms with Crippen molar-refractivity contribution in [1.82, 2.24) is 5.32 Å². The van der Waals surface area contributed by atoms with Crippen molar-refractivity contribution < 1.29 is 9.15 Å². The molecule has 2 aromatic rings. The molecule has 0 aliphatic carbocycles. The first-order valence-corrected chi connectivity index (χ1v) is 6.15. The third-order valence-corrected chi connectivity index (χ3v) is 2.89. The Kier molecular flexibility index (Phi) is 4.28. The highest BCUT2D eigenvalue weighted by molar-refractivity contribution is 6.30. The molecule has 2 rings (SSSR count). The number of methoxy groups -OCH3 is 1. The Morgan fingerprint density at radius 1 is 1.22 bits per heavy atom. The molecule has 0 saturated carbocycles. The predicted molar refractivity (Wildman–Crippen MR) is 72.0 cm³/mol. The van der Waals surface area contributed by atoms with Gasteiger partial charge in [-0.25, -0.2) is 0 Å². The van der Waals surface area contributed by atoms with Crippen molar-refractivity contribution in [2.45, 2.75) is 20.0 Å². The Morgan fingerprint density at radius 2 is 2.06 bits per heavy atom. The van der Waals surface area contributed by atoms with Crippen LogP contribution in [0.2, 0.25) is 5.02 Å². The molecule has 0 fully saturated rings. The van der Waals surface area contributed by atoms with E-state index in [1.54, 1.807) is 7.11 Å². The number of furan rings is 1. The molecule has 0 amide bonds. The molecular formula is C14H16ClNO2. The lowest BCUT2D eigenvalue weighted by atomic mass is 10.2. The van der Waals surface area contributed by atoms with Gasteiger partial charge in [-0.05, 0) is 37.3 Å². The number of aryl methyl sites for hydroxylation is 1. The van der Waals surface area contributed by atoms with E-state index < -0.39 is 0 Å². The maximum absolute atomic E-state index is 5.97. The lowest BCUT2D eigenvalue weighted by Crippen LogP contribution is -2.12. The molecule has 0 aliphatic rings. The van der Waals surface area contributed by atoms with Gasteiger partial charge in [0.2, 0.25) is 0 Å². The van der Waals surface area contributed by atoms with E-state index in [0.717, 1.165) is 22.8 Å². The van der Waals surface area contributed by atoms with Gasteiger partial charge in [-0.1, -0.05) is 11.6 Å². The van der Waals surface area contributed by atoms with Gasteiger partial charge < -0.3 is 14.5 Å². The van der Waals surface area contributed by atoms with Crippen LogP contribution in [-0.2, 0) is 13.1 Å². The van der Waals surface area contributed by atoms with Gasteiger partial charge in [-0.15, -0.1) is 0 Å². The van der Waals surface area contributed by atoms with Gasteiger partial charge in [0.1, 0.15) is 17.3 Å². The summed E-state index contributed by atoms with van der Waals surface area (Å²) < 4.78 is 10.8. The lowest BCUT2D eigenvalue weighted by molar-refractivity contribution is 0.406. The van der Waals surface area contributed by atoms with Crippen molar-refractivity contribution in [3.63, 3.8) is 0 Å². The van der Waals surface area contributed by atoms with E-state index in [-0.39, 0.29) is 0 Å². The maximum atomic E-state index is 5.97. The van der Waals surface area contributed by atoms with E-state index in [1.165, 1.54) is 0 Å². The van der Waals surface area contributed by atoms with E-state index >= 15 is 0 Å². The highest BCUT2D eigenvalue weighted by Gasteiger charge is 2.04. The minimum Gasteiger partial charge on any atom is -0.496 e. The molecular weight excluding hydrogens is 250 g/mol. The summed E-state index contributed by atoms with van der Waals surface area (Å²) >= 11 is 5.97. The molecule has 0 aliphatic heterocycles. The smallest absolute Gasteiger partial charge is 0.123 e. The highest BCUT2D eigenvalue weighted by Crippen LogP contribution is 2.22. The van der Waals surface area contributed by atoms with Crippen molar-refractivity contribution in [3.05, 3.63) is 52.4 Å². The molecule has 0 bridgehead atoms. The monoisotopic (exact) mass is 265 g/mol. The van der Waals surface area contributed by atoms with Crippen molar-refractivity contribution in [1.29, 1.82) is 0 Å². The van der Waals surface area contributed by atoms with Crippen molar-refractivity contribution >= 4 is 11.6 Å². The second-order valence-corrected chi connectivity index (χ2v) is 4.51. The molecule has 96 valence electrons. The van der Waals surface area contributed by atoms with Gasteiger partial charge >= 0.3 is 0 Å². The second kappa shape index (κ2) is 5.94. The van der Waals surface area contributed by atoms with Crippen LogP contribution in [0, 0.1) is 6.92 Å². The van der Waals surface area contributed by atoms with Gasteiger partial charge in [-0.3, -0.25) is 0 Å². The van der Waals surface area contributed by atoms with Crippen molar-refractivity contribution in [3.8, 4) is 5.75 Å². The van der Waals surface area contributed by atoms with Crippen LogP contribution in [0.5, 0.6) is 5.75 Å². The van der Waals surface area contributed by atoms with Gasteiger partial charge in [0.05, 0.1) is 13.7 Å². The summed E-state index contributed by atoms with van der Waals surface area (Å²) in [5.41, 5.74) is 1.04. The van der Waals surface area contributed by atoms with E-state index in [9.17, 15) is 0 Å². The normalized spacial score (nSPS) is 10.6. The third-order valence-electron chi connectivity index (χ3n) is 2.65. The number of halogens is 1. The lowest BCUT2D eigenvalue weighted by Gasteiger charge is -2.09.